The van der Waals surface area contributed by atoms with Gasteiger partial charge in [0, 0.05) is 12.0 Å². The Labute approximate surface area is 170 Å². The molecule has 1 aromatic rings. The van der Waals surface area contributed by atoms with E-state index < -0.39 is 36.2 Å². The Kier molecular flexibility index (Phi) is 6.03. The number of hydrogen-bond acceptors (Lipinski definition) is 7. The first-order valence-corrected chi connectivity index (χ1v) is 9.73. The number of fused-ring (bicyclic) bond motifs is 2. The van der Waals surface area contributed by atoms with Crippen LogP contribution < -0.4 is 0 Å². The number of benzene rings is 1. The molecule has 3 rings (SSSR count). The fraction of sp³-hybridized carbons (Fsp3) is 0.500. The van der Waals surface area contributed by atoms with E-state index in [1.165, 1.54) is 6.07 Å². The van der Waals surface area contributed by atoms with E-state index in [1.807, 2.05) is 6.92 Å². The van der Waals surface area contributed by atoms with Crippen LogP contribution in [-0.4, -0.2) is 51.5 Å². The van der Waals surface area contributed by atoms with Crippen molar-refractivity contribution in [2.75, 3.05) is 0 Å². The van der Waals surface area contributed by atoms with E-state index in [0.717, 1.165) is 6.07 Å². The highest BCUT2D eigenvalue weighted by atomic mass is 16.8. The van der Waals surface area contributed by atoms with Gasteiger partial charge in [-0.25, -0.2) is 4.79 Å². The van der Waals surface area contributed by atoms with Gasteiger partial charge in [0.15, 0.2) is 5.79 Å². The lowest BCUT2D eigenvalue weighted by Gasteiger charge is -2.22. The highest BCUT2D eigenvalue weighted by molar-refractivity contribution is 5.97. The SMILES string of the molecule is CC1OC(=O)c2c(O)cc(O)cc2/C=C/CC2OC(C)(C)OC2[C@H](O)/C=C\[C@H]1C. The molecule has 29 heavy (non-hydrogen) atoms. The smallest absolute Gasteiger partial charge is 0.342 e. The third-order valence-corrected chi connectivity index (χ3v) is 5.21. The van der Waals surface area contributed by atoms with E-state index in [2.05, 4.69) is 0 Å². The molecule has 0 aliphatic carbocycles. The van der Waals surface area contributed by atoms with Gasteiger partial charge in [-0.3, -0.25) is 0 Å². The van der Waals surface area contributed by atoms with Crippen LogP contribution in [0.4, 0.5) is 0 Å². The van der Waals surface area contributed by atoms with Gasteiger partial charge < -0.3 is 29.5 Å². The Bertz CT molecular complexity index is 827. The van der Waals surface area contributed by atoms with Crippen LogP contribution in [0.25, 0.3) is 6.08 Å². The zero-order valence-corrected chi connectivity index (χ0v) is 17.0. The molecule has 2 heterocycles. The average Bonchev–Trinajstić information content (AvgIpc) is 2.92. The quantitative estimate of drug-likeness (QED) is 0.451. The molecule has 7 nitrogen and oxygen atoms in total. The van der Waals surface area contributed by atoms with Gasteiger partial charge in [0.2, 0.25) is 0 Å². The summed E-state index contributed by atoms with van der Waals surface area (Å²) in [6.45, 7) is 7.17. The summed E-state index contributed by atoms with van der Waals surface area (Å²) >= 11 is 0. The number of esters is 1. The monoisotopic (exact) mass is 404 g/mol. The van der Waals surface area contributed by atoms with Crippen molar-refractivity contribution in [3.8, 4) is 11.5 Å². The number of phenolic OH excluding ortho intramolecular Hbond substituents is 2. The van der Waals surface area contributed by atoms with E-state index >= 15 is 0 Å². The fourth-order valence-electron chi connectivity index (χ4n) is 3.54. The zero-order valence-electron chi connectivity index (χ0n) is 17.0. The summed E-state index contributed by atoms with van der Waals surface area (Å²) < 4.78 is 17.3. The van der Waals surface area contributed by atoms with Gasteiger partial charge in [-0.2, -0.15) is 0 Å². The molecule has 1 aromatic carbocycles. The highest BCUT2D eigenvalue weighted by Gasteiger charge is 2.43. The average molecular weight is 404 g/mol. The maximum atomic E-state index is 12.7. The minimum atomic E-state index is -0.885. The zero-order chi connectivity index (χ0) is 21.3. The lowest BCUT2D eigenvalue weighted by atomic mass is 9.99. The summed E-state index contributed by atoms with van der Waals surface area (Å²) in [5.74, 6) is -2.24. The van der Waals surface area contributed by atoms with Gasteiger partial charge in [-0.1, -0.05) is 31.2 Å². The molecule has 0 aromatic heterocycles. The van der Waals surface area contributed by atoms with E-state index in [0.29, 0.717) is 12.0 Å². The number of carbonyl (C=O) groups is 1. The topological polar surface area (TPSA) is 105 Å². The number of phenols is 2. The fourth-order valence-corrected chi connectivity index (χ4v) is 3.54. The molecule has 0 spiro atoms. The number of hydrogen-bond donors (Lipinski definition) is 3. The summed E-state index contributed by atoms with van der Waals surface area (Å²) in [6.07, 6.45) is 4.82. The van der Waals surface area contributed by atoms with Crippen molar-refractivity contribution in [2.24, 2.45) is 5.92 Å². The number of carbonyl (C=O) groups excluding carboxylic acids is 1. The number of rotatable bonds is 0. The van der Waals surface area contributed by atoms with Crippen LogP contribution in [0, 0.1) is 5.92 Å². The third kappa shape index (κ3) is 4.80. The van der Waals surface area contributed by atoms with Crippen molar-refractivity contribution in [3.05, 3.63) is 41.5 Å². The standard InChI is InChI=1S/C22H28O7/c1-12-8-9-16(24)20-18(28-22(3,4)29-20)7-5-6-14-10-15(23)11-17(25)19(14)21(26)27-13(12)2/h5-6,8-13,16,18,20,23-25H,7H2,1-4H3/b6-5+,9-8-/t12-,13?,16-,18?,20?/m1/s1. The van der Waals surface area contributed by atoms with E-state index in [-0.39, 0.29) is 23.0 Å². The van der Waals surface area contributed by atoms with Crippen LogP contribution in [0.3, 0.4) is 0 Å². The Morgan fingerprint density at radius 1 is 1.10 bits per heavy atom. The highest BCUT2D eigenvalue weighted by Crippen LogP contribution is 2.34. The molecular weight excluding hydrogens is 376 g/mol. The van der Waals surface area contributed by atoms with Crippen LogP contribution in [0.15, 0.2) is 30.4 Å². The summed E-state index contributed by atoms with van der Waals surface area (Å²) in [4.78, 5) is 12.7. The van der Waals surface area contributed by atoms with Gasteiger partial charge in [-0.15, -0.1) is 0 Å². The molecule has 158 valence electrons. The summed E-state index contributed by atoms with van der Waals surface area (Å²) in [5.41, 5.74) is 0.315. The molecule has 0 saturated carbocycles. The number of aliphatic hydroxyl groups is 1. The summed E-state index contributed by atoms with van der Waals surface area (Å²) in [5, 5.41) is 30.7. The molecule has 0 amide bonds. The number of ether oxygens (including phenoxy) is 3. The maximum absolute atomic E-state index is 12.7. The molecule has 0 bridgehead atoms. The summed E-state index contributed by atoms with van der Waals surface area (Å²) in [7, 11) is 0. The van der Waals surface area contributed by atoms with E-state index in [9.17, 15) is 20.1 Å². The van der Waals surface area contributed by atoms with Gasteiger partial charge in [0.1, 0.15) is 35.4 Å². The largest absolute Gasteiger partial charge is 0.508 e. The van der Waals surface area contributed by atoms with E-state index in [1.54, 1.807) is 45.1 Å². The Balaban J connectivity index is 2.02. The van der Waals surface area contributed by atoms with E-state index in [4.69, 9.17) is 14.2 Å². The first-order valence-electron chi connectivity index (χ1n) is 9.73. The van der Waals surface area contributed by atoms with Crippen molar-refractivity contribution < 1.29 is 34.3 Å². The van der Waals surface area contributed by atoms with Crippen LogP contribution in [0.2, 0.25) is 0 Å². The molecule has 5 atom stereocenters. The van der Waals surface area contributed by atoms with Crippen LogP contribution in [0.1, 0.15) is 50.0 Å². The second-order valence-electron chi connectivity index (χ2n) is 8.05. The molecular formula is C22H28O7. The van der Waals surface area contributed by atoms with Crippen molar-refractivity contribution >= 4 is 12.0 Å². The Hall–Kier alpha value is -2.35. The first-order chi connectivity index (χ1) is 13.6. The van der Waals surface area contributed by atoms with Crippen LogP contribution >= 0.6 is 0 Å². The summed E-state index contributed by atoms with van der Waals surface area (Å²) in [6, 6.07) is 2.49. The van der Waals surface area contributed by atoms with Gasteiger partial charge in [0.25, 0.3) is 0 Å². The number of aromatic hydroxyl groups is 2. The number of aliphatic hydroxyl groups excluding tert-OH is 1. The van der Waals surface area contributed by atoms with Gasteiger partial charge in [-0.05, 0) is 38.8 Å². The minimum Gasteiger partial charge on any atom is -0.508 e. The lowest BCUT2D eigenvalue weighted by Crippen LogP contribution is -2.34. The first kappa shape index (κ1) is 21.4. The molecule has 3 unspecified atom stereocenters. The number of cyclic esters (lactones) is 1. The third-order valence-electron chi connectivity index (χ3n) is 5.21. The van der Waals surface area contributed by atoms with Crippen LogP contribution in [-0.2, 0) is 14.2 Å². The van der Waals surface area contributed by atoms with Crippen molar-refractivity contribution in [1.82, 2.24) is 0 Å². The lowest BCUT2D eigenvalue weighted by molar-refractivity contribution is -0.152. The minimum absolute atomic E-state index is 0.0142. The molecule has 0 radical (unpaired) electrons. The molecule has 2 aliphatic heterocycles. The van der Waals surface area contributed by atoms with Crippen molar-refractivity contribution in [1.29, 1.82) is 0 Å². The van der Waals surface area contributed by atoms with Crippen molar-refractivity contribution in [2.45, 2.75) is 64.3 Å². The second kappa shape index (κ2) is 8.18. The van der Waals surface area contributed by atoms with Gasteiger partial charge >= 0.3 is 5.97 Å². The van der Waals surface area contributed by atoms with Gasteiger partial charge in [0.05, 0.1) is 6.10 Å². The normalized spacial score (nSPS) is 34.4. The van der Waals surface area contributed by atoms with Crippen molar-refractivity contribution in [3.63, 3.8) is 0 Å². The Morgan fingerprint density at radius 3 is 2.55 bits per heavy atom. The second-order valence-corrected chi connectivity index (χ2v) is 8.05. The maximum Gasteiger partial charge on any atom is 0.342 e. The molecule has 1 saturated heterocycles. The molecule has 3 N–H and O–H groups in total. The van der Waals surface area contributed by atoms with Crippen LogP contribution in [0.5, 0.6) is 11.5 Å². The predicted octanol–water partition coefficient (Wildman–Crippen LogP) is 3.13. The molecule has 7 heteroatoms. The predicted molar refractivity (Wildman–Crippen MR) is 106 cm³/mol. The molecule has 1 fully saturated rings. The Morgan fingerprint density at radius 2 is 1.83 bits per heavy atom. The molecule has 2 aliphatic rings.